The molecule has 1 saturated carbocycles. The Morgan fingerprint density at radius 1 is 1.33 bits per heavy atom. The van der Waals surface area contributed by atoms with Gasteiger partial charge in [-0.2, -0.15) is 0 Å². The molecule has 0 aromatic heterocycles. The van der Waals surface area contributed by atoms with Gasteiger partial charge in [0.05, 0.1) is 0 Å². The summed E-state index contributed by atoms with van der Waals surface area (Å²) in [5.74, 6) is 1.64. The van der Waals surface area contributed by atoms with Crippen molar-refractivity contribution in [3.05, 3.63) is 0 Å². The van der Waals surface area contributed by atoms with Crippen LogP contribution in [0.4, 0.5) is 0 Å². The molecule has 0 aromatic rings. The molecule has 1 aliphatic carbocycles. The second-order valence-corrected chi connectivity index (χ2v) is 6.13. The Balaban J connectivity index is 2.32. The van der Waals surface area contributed by atoms with Crippen LogP contribution in [0.25, 0.3) is 0 Å². The summed E-state index contributed by atoms with van der Waals surface area (Å²) in [6.45, 7) is 10.4. The van der Waals surface area contributed by atoms with Crippen LogP contribution in [0, 0.1) is 17.3 Å². The van der Waals surface area contributed by atoms with Crippen LogP contribution in [0.15, 0.2) is 0 Å². The third-order valence-electron chi connectivity index (χ3n) is 3.45. The van der Waals surface area contributed by atoms with E-state index in [1.807, 2.05) is 0 Å². The van der Waals surface area contributed by atoms with E-state index in [4.69, 9.17) is 5.11 Å². The van der Waals surface area contributed by atoms with Crippen molar-refractivity contribution in [1.82, 2.24) is 5.32 Å². The molecule has 0 amide bonds. The van der Waals surface area contributed by atoms with E-state index in [-0.39, 0.29) is 5.41 Å². The van der Waals surface area contributed by atoms with Crippen molar-refractivity contribution in [2.75, 3.05) is 13.2 Å². The van der Waals surface area contributed by atoms with Crippen LogP contribution in [-0.2, 0) is 0 Å². The molecule has 0 aliphatic heterocycles. The SMILES string of the molecule is CC(C)C(NCC(C)(C)CCO)C1CC1. The highest BCUT2D eigenvalue weighted by Crippen LogP contribution is 2.36. The monoisotopic (exact) mass is 213 g/mol. The maximum atomic E-state index is 8.97. The van der Waals surface area contributed by atoms with Crippen molar-refractivity contribution >= 4 is 0 Å². The van der Waals surface area contributed by atoms with Gasteiger partial charge in [-0.3, -0.25) is 0 Å². The highest BCUT2D eigenvalue weighted by Gasteiger charge is 2.33. The van der Waals surface area contributed by atoms with Crippen LogP contribution in [0.2, 0.25) is 0 Å². The van der Waals surface area contributed by atoms with E-state index in [2.05, 4.69) is 33.0 Å². The van der Waals surface area contributed by atoms with Crippen LogP contribution in [0.3, 0.4) is 0 Å². The first-order valence-corrected chi connectivity index (χ1v) is 6.30. The average Bonchev–Trinajstić information content (AvgIpc) is 2.87. The van der Waals surface area contributed by atoms with E-state index in [0.717, 1.165) is 24.8 Å². The summed E-state index contributed by atoms with van der Waals surface area (Å²) in [6.07, 6.45) is 3.68. The molecule has 2 N–H and O–H groups in total. The van der Waals surface area contributed by atoms with E-state index < -0.39 is 0 Å². The Morgan fingerprint density at radius 2 is 1.93 bits per heavy atom. The average molecular weight is 213 g/mol. The van der Waals surface area contributed by atoms with E-state index >= 15 is 0 Å². The van der Waals surface area contributed by atoms with Gasteiger partial charge < -0.3 is 10.4 Å². The van der Waals surface area contributed by atoms with Crippen LogP contribution >= 0.6 is 0 Å². The highest BCUT2D eigenvalue weighted by molar-refractivity contribution is 4.89. The molecule has 0 spiro atoms. The van der Waals surface area contributed by atoms with Gasteiger partial charge in [0.25, 0.3) is 0 Å². The number of nitrogens with one attached hydrogen (secondary N) is 1. The van der Waals surface area contributed by atoms with E-state index in [0.29, 0.717) is 12.6 Å². The Labute approximate surface area is 94.5 Å². The summed E-state index contributed by atoms with van der Waals surface area (Å²) in [5, 5.41) is 12.7. The Kier molecular flexibility index (Phi) is 4.60. The Bertz CT molecular complexity index is 183. The summed E-state index contributed by atoms with van der Waals surface area (Å²) >= 11 is 0. The summed E-state index contributed by atoms with van der Waals surface area (Å²) in [6, 6.07) is 0.683. The first kappa shape index (κ1) is 13.0. The standard InChI is InChI=1S/C13H27NO/c1-10(2)12(11-5-6-11)14-9-13(3,4)7-8-15/h10-12,14-15H,5-9H2,1-4H3. The first-order chi connectivity index (χ1) is 6.96. The van der Waals surface area contributed by atoms with Crippen molar-refractivity contribution in [1.29, 1.82) is 0 Å². The van der Waals surface area contributed by atoms with Crippen LogP contribution in [-0.4, -0.2) is 24.3 Å². The molecule has 0 saturated heterocycles. The molecule has 15 heavy (non-hydrogen) atoms. The molecule has 1 fully saturated rings. The van der Waals surface area contributed by atoms with Crippen molar-refractivity contribution in [2.24, 2.45) is 17.3 Å². The molecule has 2 nitrogen and oxygen atoms in total. The molecule has 0 heterocycles. The second kappa shape index (κ2) is 5.31. The lowest BCUT2D eigenvalue weighted by molar-refractivity contribution is 0.195. The van der Waals surface area contributed by atoms with Gasteiger partial charge in [-0.25, -0.2) is 0 Å². The van der Waals surface area contributed by atoms with Crippen molar-refractivity contribution in [3.8, 4) is 0 Å². The van der Waals surface area contributed by atoms with E-state index in [9.17, 15) is 0 Å². The summed E-state index contributed by atoms with van der Waals surface area (Å²) < 4.78 is 0. The number of rotatable bonds is 7. The minimum atomic E-state index is 0.219. The van der Waals surface area contributed by atoms with Gasteiger partial charge in [-0.05, 0) is 36.5 Å². The Morgan fingerprint density at radius 3 is 2.33 bits per heavy atom. The van der Waals surface area contributed by atoms with Gasteiger partial charge in [0.2, 0.25) is 0 Å². The molecular formula is C13H27NO. The molecule has 0 aromatic carbocycles. The van der Waals surface area contributed by atoms with Crippen molar-refractivity contribution in [3.63, 3.8) is 0 Å². The minimum Gasteiger partial charge on any atom is -0.396 e. The highest BCUT2D eigenvalue weighted by atomic mass is 16.3. The molecule has 2 heteroatoms. The van der Waals surface area contributed by atoms with Crippen LogP contribution in [0.5, 0.6) is 0 Å². The third-order valence-corrected chi connectivity index (χ3v) is 3.45. The summed E-state index contributed by atoms with van der Waals surface area (Å²) in [5.41, 5.74) is 0.219. The van der Waals surface area contributed by atoms with E-state index in [1.54, 1.807) is 0 Å². The zero-order valence-corrected chi connectivity index (χ0v) is 10.7. The van der Waals surface area contributed by atoms with Crippen LogP contribution < -0.4 is 5.32 Å². The molecule has 90 valence electrons. The lowest BCUT2D eigenvalue weighted by atomic mass is 9.88. The topological polar surface area (TPSA) is 32.3 Å². The predicted octanol–water partition coefficient (Wildman–Crippen LogP) is 2.42. The maximum absolute atomic E-state index is 8.97. The fourth-order valence-electron chi connectivity index (χ4n) is 2.19. The fourth-order valence-corrected chi connectivity index (χ4v) is 2.19. The molecular weight excluding hydrogens is 186 g/mol. The molecule has 0 radical (unpaired) electrons. The van der Waals surface area contributed by atoms with Crippen LogP contribution in [0.1, 0.15) is 47.0 Å². The minimum absolute atomic E-state index is 0.219. The number of hydrogen-bond acceptors (Lipinski definition) is 2. The zero-order valence-electron chi connectivity index (χ0n) is 10.7. The lowest BCUT2D eigenvalue weighted by Crippen LogP contribution is -2.41. The number of aliphatic hydroxyl groups is 1. The van der Waals surface area contributed by atoms with Gasteiger partial charge in [0, 0.05) is 19.2 Å². The van der Waals surface area contributed by atoms with Crippen molar-refractivity contribution < 1.29 is 5.11 Å². The molecule has 1 atom stereocenters. The third kappa shape index (κ3) is 4.52. The molecule has 0 bridgehead atoms. The fraction of sp³-hybridized carbons (Fsp3) is 1.00. The first-order valence-electron chi connectivity index (χ1n) is 6.30. The van der Waals surface area contributed by atoms with Gasteiger partial charge >= 0.3 is 0 Å². The zero-order chi connectivity index (χ0) is 11.5. The predicted molar refractivity (Wildman–Crippen MR) is 64.8 cm³/mol. The number of aliphatic hydroxyl groups excluding tert-OH is 1. The molecule has 1 aliphatic rings. The summed E-state index contributed by atoms with van der Waals surface area (Å²) in [4.78, 5) is 0. The van der Waals surface area contributed by atoms with Gasteiger partial charge in [-0.1, -0.05) is 27.7 Å². The van der Waals surface area contributed by atoms with E-state index in [1.165, 1.54) is 12.8 Å². The molecule has 1 unspecified atom stereocenters. The normalized spacial score (nSPS) is 19.6. The second-order valence-electron chi connectivity index (χ2n) is 6.13. The lowest BCUT2D eigenvalue weighted by Gasteiger charge is -2.29. The van der Waals surface area contributed by atoms with Gasteiger partial charge in [0.15, 0.2) is 0 Å². The van der Waals surface area contributed by atoms with Gasteiger partial charge in [-0.15, -0.1) is 0 Å². The van der Waals surface area contributed by atoms with Crippen molar-refractivity contribution in [2.45, 2.75) is 53.0 Å². The van der Waals surface area contributed by atoms with Gasteiger partial charge in [0.1, 0.15) is 0 Å². The quantitative estimate of drug-likeness (QED) is 0.681. The maximum Gasteiger partial charge on any atom is 0.0436 e. The smallest absolute Gasteiger partial charge is 0.0436 e. The Hall–Kier alpha value is -0.0800. The number of hydrogen-bond donors (Lipinski definition) is 2. The largest absolute Gasteiger partial charge is 0.396 e. The molecule has 1 rings (SSSR count). The summed E-state index contributed by atoms with van der Waals surface area (Å²) in [7, 11) is 0.